The second-order valence-corrected chi connectivity index (χ2v) is 2.58. The minimum Gasteiger partial charge on any atom is -0.392 e. The number of aliphatic hydroxyl groups is 1. The lowest BCUT2D eigenvalue weighted by molar-refractivity contribution is -0.120. The molecule has 0 heterocycles. The van der Waals surface area contributed by atoms with Crippen LogP contribution < -0.4 is 5.73 Å². The average Bonchev–Trinajstić information content (AvgIpc) is 2.40. The van der Waals surface area contributed by atoms with Gasteiger partial charge in [0.1, 0.15) is 0 Å². The first-order chi connectivity index (χ1) is 4.20. The summed E-state index contributed by atoms with van der Waals surface area (Å²) in [6, 6.07) is 0. The van der Waals surface area contributed by atoms with Crippen molar-refractivity contribution in [3.05, 3.63) is 0 Å². The molecule has 0 unspecified atom stereocenters. The zero-order valence-electron chi connectivity index (χ0n) is 5.21. The Labute approximate surface area is 53.9 Å². The number of nitrogens with two attached hydrogens (primary N) is 1. The third-order valence-electron chi connectivity index (χ3n) is 1.58. The standard InChI is InChI=1S/C6H11NO2/c7-6(9)3-5(8)4-1-2-4/h4-5,8H,1-3H2,(H2,7,9)/t5-/m0/s1. The van der Waals surface area contributed by atoms with E-state index in [9.17, 15) is 4.79 Å². The van der Waals surface area contributed by atoms with Crippen molar-refractivity contribution in [2.45, 2.75) is 25.4 Å². The largest absolute Gasteiger partial charge is 0.392 e. The molecule has 0 aromatic carbocycles. The fourth-order valence-electron chi connectivity index (χ4n) is 0.854. The van der Waals surface area contributed by atoms with Crippen LogP contribution in [-0.2, 0) is 4.79 Å². The lowest BCUT2D eigenvalue weighted by atomic mass is 10.1. The molecule has 1 amide bonds. The highest BCUT2D eigenvalue weighted by atomic mass is 16.3. The van der Waals surface area contributed by atoms with E-state index in [4.69, 9.17) is 10.8 Å². The summed E-state index contributed by atoms with van der Waals surface area (Å²) in [7, 11) is 0. The van der Waals surface area contributed by atoms with Gasteiger partial charge in [-0.1, -0.05) is 0 Å². The van der Waals surface area contributed by atoms with Crippen LogP contribution in [0.25, 0.3) is 0 Å². The van der Waals surface area contributed by atoms with Gasteiger partial charge in [0.2, 0.25) is 5.91 Å². The molecule has 0 aromatic rings. The first-order valence-electron chi connectivity index (χ1n) is 3.16. The topological polar surface area (TPSA) is 63.3 Å². The highest BCUT2D eigenvalue weighted by Crippen LogP contribution is 2.33. The molecule has 0 aromatic heterocycles. The highest BCUT2D eigenvalue weighted by Gasteiger charge is 2.30. The van der Waals surface area contributed by atoms with Crippen molar-refractivity contribution in [1.82, 2.24) is 0 Å². The third-order valence-corrected chi connectivity index (χ3v) is 1.58. The molecule has 1 atom stereocenters. The molecule has 9 heavy (non-hydrogen) atoms. The molecule has 1 saturated carbocycles. The Hall–Kier alpha value is -0.570. The van der Waals surface area contributed by atoms with Crippen molar-refractivity contribution >= 4 is 5.91 Å². The molecule has 0 radical (unpaired) electrons. The lowest BCUT2D eigenvalue weighted by Gasteiger charge is -2.03. The Morgan fingerprint density at radius 3 is 2.67 bits per heavy atom. The van der Waals surface area contributed by atoms with Crippen molar-refractivity contribution in [3.8, 4) is 0 Å². The molecular weight excluding hydrogens is 118 g/mol. The minimum atomic E-state index is -0.470. The summed E-state index contributed by atoms with van der Waals surface area (Å²) in [5.41, 5.74) is 4.86. The molecule has 0 spiro atoms. The number of aliphatic hydroxyl groups excluding tert-OH is 1. The normalized spacial score (nSPS) is 21.4. The van der Waals surface area contributed by atoms with Crippen molar-refractivity contribution in [3.63, 3.8) is 0 Å². The first-order valence-corrected chi connectivity index (χ1v) is 3.16. The number of carbonyl (C=O) groups is 1. The Bertz CT molecular complexity index is 120. The quantitative estimate of drug-likeness (QED) is 0.546. The highest BCUT2D eigenvalue weighted by molar-refractivity contribution is 5.74. The molecule has 3 N–H and O–H groups in total. The minimum absolute atomic E-state index is 0.130. The predicted molar refractivity (Wildman–Crippen MR) is 32.5 cm³/mol. The van der Waals surface area contributed by atoms with Gasteiger partial charge in [-0.3, -0.25) is 4.79 Å². The Kier molecular flexibility index (Phi) is 1.71. The third kappa shape index (κ3) is 2.01. The van der Waals surface area contributed by atoms with E-state index < -0.39 is 12.0 Å². The number of hydrogen-bond donors (Lipinski definition) is 2. The maximum absolute atomic E-state index is 10.2. The van der Waals surface area contributed by atoms with Gasteiger partial charge in [-0.15, -0.1) is 0 Å². The zero-order valence-corrected chi connectivity index (χ0v) is 5.21. The molecule has 3 heteroatoms. The van der Waals surface area contributed by atoms with Gasteiger partial charge in [0.05, 0.1) is 12.5 Å². The summed E-state index contributed by atoms with van der Waals surface area (Å²) in [5.74, 6) is -0.0492. The van der Waals surface area contributed by atoms with Gasteiger partial charge in [0.25, 0.3) is 0 Å². The van der Waals surface area contributed by atoms with E-state index in [1.54, 1.807) is 0 Å². The van der Waals surface area contributed by atoms with Crippen LogP contribution in [-0.4, -0.2) is 17.1 Å². The summed E-state index contributed by atoms with van der Waals surface area (Å²) in [6.07, 6.45) is 1.76. The first kappa shape index (κ1) is 6.55. The van der Waals surface area contributed by atoms with Gasteiger partial charge in [-0.05, 0) is 18.8 Å². The zero-order chi connectivity index (χ0) is 6.85. The van der Waals surface area contributed by atoms with Crippen LogP contribution in [0.15, 0.2) is 0 Å². The summed E-state index contributed by atoms with van der Waals surface area (Å²) in [4.78, 5) is 10.2. The molecule has 1 aliphatic carbocycles. The van der Waals surface area contributed by atoms with Crippen molar-refractivity contribution < 1.29 is 9.90 Å². The number of rotatable bonds is 3. The van der Waals surface area contributed by atoms with Gasteiger partial charge in [0, 0.05) is 0 Å². The number of amides is 1. The number of primary amides is 1. The summed E-state index contributed by atoms with van der Waals surface area (Å²) in [6.45, 7) is 0. The smallest absolute Gasteiger partial charge is 0.220 e. The fraction of sp³-hybridized carbons (Fsp3) is 0.833. The van der Waals surface area contributed by atoms with Gasteiger partial charge in [-0.25, -0.2) is 0 Å². The molecule has 0 aliphatic heterocycles. The monoisotopic (exact) mass is 129 g/mol. The van der Waals surface area contributed by atoms with Crippen LogP contribution in [0.5, 0.6) is 0 Å². The molecule has 1 aliphatic rings. The lowest BCUT2D eigenvalue weighted by Crippen LogP contribution is -2.21. The van der Waals surface area contributed by atoms with Crippen LogP contribution >= 0.6 is 0 Å². The Morgan fingerprint density at radius 2 is 2.33 bits per heavy atom. The van der Waals surface area contributed by atoms with Gasteiger partial charge >= 0.3 is 0 Å². The van der Waals surface area contributed by atoms with Crippen molar-refractivity contribution in [2.24, 2.45) is 11.7 Å². The average molecular weight is 129 g/mol. The van der Waals surface area contributed by atoms with Gasteiger partial charge in [-0.2, -0.15) is 0 Å². The molecule has 1 fully saturated rings. The van der Waals surface area contributed by atoms with E-state index >= 15 is 0 Å². The molecular formula is C6H11NO2. The second kappa shape index (κ2) is 2.35. The number of carbonyl (C=O) groups excluding carboxylic acids is 1. The molecule has 0 saturated heterocycles. The van der Waals surface area contributed by atoms with Gasteiger partial charge < -0.3 is 10.8 Å². The van der Waals surface area contributed by atoms with E-state index in [1.165, 1.54) is 0 Å². The predicted octanol–water partition coefficient (Wildman–Crippen LogP) is -0.367. The van der Waals surface area contributed by atoms with E-state index in [0.717, 1.165) is 12.8 Å². The van der Waals surface area contributed by atoms with E-state index in [0.29, 0.717) is 5.92 Å². The second-order valence-electron chi connectivity index (χ2n) is 2.58. The van der Waals surface area contributed by atoms with Crippen LogP contribution in [0.4, 0.5) is 0 Å². The molecule has 52 valence electrons. The molecule has 0 bridgehead atoms. The van der Waals surface area contributed by atoms with Crippen molar-refractivity contribution in [2.75, 3.05) is 0 Å². The van der Waals surface area contributed by atoms with E-state index in [-0.39, 0.29) is 6.42 Å². The summed E-state index contributed by atoms with van der Waals surface area (Å²) < 4.78 is 0. The molecule has 3 nitrogen and oxygen atoms in total. The van der Waals surface area contributed by atoms with Crippen molar-refractivity contribution in [1.29, 1.82) is 0 Å². The molecule has 1 rings (SSSR count). The van der Waals surface area contributed by atoms with Crippen LogP contribution in [0.3, 0.4) is 0 Å². The van der Waals surface area contributed by atoms with E-state index in [1.807, 2.05) is 0 Å². The Balaban J connectivity index is 2.17. The summed E-state index contributed by atoms with van der Waals surface area (Å²) >= 11 is 0. The maximum atomic E-state index is 10.2. The SMILES string of the molecule is NC(=O)C[C@H](O)C1CC1. The van der Waals surface area contributed by atoms with Crippen LogP contribution in [0.1, 0.15) is 19.3 Å². The Morgan fingerprint density at radius 1 is 1.78 bits per heavy atom. The maximum Gasteiger partial charge on any atom is 0.220 e. The van der Waals surface area contributed by atoms with Crippen LogP contribution in [0.2, 0.25) is 0 Å². The van der Waals surface area contributed by atoms with Gasteiger partial charge in [0.15, 0.2) is 0 Å². The summed E-state index contributed by atoms with van der Waals surface area (Å²) in [5, 5.41) is 9.06. The number of hydrogen-bond acceptors (Lipinski definition) is 2. The fourth-order valence-corrected chi connectivity index (χ4v) is 0.854. The van der Waals surface area contributed by atoms with E-state index in [2.05, 4.69) is 0 Å². The van der Waals surface area contributed by atoms with Crippen LogP contribution in [0, 0.1) is 5.92 Å².